The van der Waals surface area contributed by atoms with Crippen LogP contribution < -0.4 is 13.7 Å². The van der Waals surface area contributed by atoms with Crippen molar-refractivity contribution in [1.82, 2.24) is 0 Å². The van der Waals surface area contributed by atoms with Gasteiger partial charge in [-0.25, -0.2) is 0 Å². The maximum absolute atomic E-state index is 8.79. The number of hydrogen-bond acceptors (Lipinski definition) is 8. The zero-order chi connectivity index (χ0) is 17.5. The number of hydrogen-bond donors (Lipinski definition) is 3. The summed E-state index contributed by atoms with van der Waals surface area (Å²) in [5, 5.41) is 23.6. The Kier molecular flexibility index (Phi) is 5.91. The van der Waals surface area contributed by atoms with Gasteiger partial charge in [-0.05, 0) is 35.9 Å². The van der Waals surface area contributed by atoms with Gasteiger partial charge in [0.05, 0.1) is 26.6 Å². The highest BCUT2D eigenvalue weighted by molar-refractivity contribution is 7.75. The predicted molar refractivity (Wildman–Crippen MR) is 93.4 cm³/mol. The summed E-state index contributed by atoms with van der Waals surface area (Å²) < 4.78 is 15.8. The standard InChI is InChI=1S/C16H16N2O5S/c1-21-15-6-11(9-18-20)5-14(16(15)22-2)12-3-10(8-17-19)4-13(7-12)23-24/h3-9,19-20,24H,1-2H3/b17-8+,18-9+. The molecule has 2 N–H and O–H groups in total. The van der Waals surface area contributed by atoms with Crippen LogP contribution in [0.2, 0.25) is 0 Å². The first-order chi connectivity index (χ1) is 11.7. The van der Waals surface area contributed by atoms with Crippen LogP contribution in [-0.4, -0.2) is 37.1 Å². The van der Waals surface area contributed by atoms with Crippen LogP contribution in [0.1, 0.15) is 11.1 Å². The molecule has 126 valence electrons. The Hall–Kier alpha value is -2.87. The monoisotopic (exact) mass is 348 g/mol. The summed E-state index contributed by atoms with van der Waals surface area (Å²) in [6.45, 7) is 0. The number of methoxy groups -OCH3 is 2. The molecule has 8 heteroatoms. The molecule has 0 amide bonds. The van der Waals surface area contributed by atoms with Crippen LogP contribution in [0, 0.1) is 0 Å². The number of nitrogens with zero attached hydrogens (tertiary/aromatic N) is 2. The second kappa shape index (κ2) is 8.11. The van der Waals surface area contributed by atoms with Crippen molar-refractivity contribution in [3.8, 4) is 28.4 Å². The van der Waals surface area contributed by atoms with Gasteiger partial charge in [-0.2, -0.15) is 0 Å². The highest BCUT2D eigenvalue weighted by Crippen LogP contribution is 2.40. The number of oxime groups is 2. The van der Waals surface area contributed by atoms with Crippen molar-refractivity contribution in [2.24, 2.45) is 10.3 Å². The van der Waals surface area contributed by atoms with Gasteiger partial charge in [-0.1, -0.05) is 10.3 Å². The maximum Gasteiger partial charge on any atom is 0.168 e. The van der Waals surface area contributed by atoms with E-state index in [1.54, 1.807) is 30.3 Å². The van der Waals surface area contributed by atoms with E-state index in [2.05, 4.69) is 23.2 Å². The maximum atomic E-state index is 8.79. The van der Waals surface area contributed by atoms with Crippen molar-refractivity contribution >= 4 is 25.3 Å². The Morgan fingerprint density at radius 1 is 0.917 bits per heavy atom. The van der Waals surface area contributed by atoms with Gasteiger partial charge in [0.25, 0.3) is 0 Å². The lowest BCUT2D eigenvalue weighted by atomic mass is 9.99. The molecule has 0 bridgehead atoms. The summed E-state index contributed by atoms with van der Waals surface area (Å²) in [5.74, 6) is 1.42. The quantitative estimate of drug-likeness (QED) is 0.245. The molecule has 0 unspecified atom stereocenters. The van der Waals surface area contributed by atoms with Crippen LogP contribution in [0.4, 0.5) is 0 Å². The lowest BCUT2D eigenvalue weighted by molar-refractivity contribution is 0.321. The lowest BCUT2D eigenvalue weighted by Gasteiger charge is -2.15. The average Bonchev–Trinajstić information content (AvgIpc) is 2.61. The summed E-state index contributed by atoms with van der Waals surface area (Å²) in [4.78, 5) is 0. The van der Waals surface area contributed by atoms with Crippen molar-refractivity contribution in [2.45, 2.75) is 0 Å². The molecule has 0 aliphatic heterocycles. The Bertz CT molecular complexity index is 777. The number of thiol groups is 1. The third kappa shape index (κ3) is 3.72. The van der Waals surface area contributed by atoms with Gasteiger partial charge in [0.1, 0.15) is 5.75 Å². The first-order valence-corrected chi connectivity index (χ1v) is 7.11. The van der Waals surface area contributed by atoms with Crippen molar-refractivity contribution in [3.63, 3.8) is 0 Å². The zero-order valence-electron chi connectivity index (χ0n) is 13.0. The molecular weight excluding hydrogens is 332 g/mol. The third-order valence-corrected chi connectivity index (χ3v) is 3.47. The molecule has 2 aromatic rings. The molecular formula is C16H16N2O5S. The molecule has 2 aromatic carbocycles. The molecule has 0 heterocycles. The van der Waals surface area contributed by atoms with Gasteiger partial charge < -0.3 is 24.1 Å². The van der Waals surface area contributed by atoms with Crippen LogP contribution in [0.15, 0.2) is 40.6 Å². The van der Waals surface area contributed by atoms with Gasteiger partial charge in [-0.15, -0.1) is 0 Å². The van der Waals surface area contributed by atoms with Gasteiger partial charge in [-0.3, -0.25) is 0 Å². The molecule has 0 fully saturated rings. The highest BCUT2D eigenvalue weighted by atomic mass is 32.1. The second-order valence-electron chi connectivity index (χ2n) is 4.68. The summed E-state index contributed by atoms with van der Waals surface area (Å²) >= 11 is 3.81. The Morgan fingerprint density at radius 2 is 1.58 bits per heavy atom. The molecule has 0 saturated carbocycles. The Labute approximate surface area is 144 Å². The molecule has 0 aliphatic carbocycles. The smallest absolute Gasteiger partial charge is 0.168 e. The summed E-state index contributed by atoms with van der Waals surface area (Å²) in [6, 6.07) is 8.60. The van der Waals surface area contributed by atoms with E-state index in [0.29, 0.717) is 39.5 Å². The van der Waals surface area contributed by atoms with E-state index in [4.69, 9.17) is 24.1 Å². The van der Waals surface area contributed by atoms with E-state index in [1.165, 1.54) is 26.6 Å². The highest BCUT2D eigenvalue weighted by Gasteiger charge is 2.15. The van der Waals surface area contributed by atoms with Gasteiger partial charge in [0.2, 0.25) is 0 Å². The minimum absolute atomic E-state index is 0.452. The van der Waals surface area contributed by atoms with Crippen molar-refractivity contribution in [3.05, 3.63) is 41.5 Å². The van der Waals surface area contributed by atoms with Crippen LogP contribution in [0.25, 0.3) is 11.1 Å². The van der Waals surface area contributed by atoms with E-state index < -0.39 is 0 Å². The molecule has 0 spiro atoms. The third-order valence-electron chi connectivity index (χ3n) is 3.26. The molecule has 0 atom stereocenters. The fourth-order valence-electron chi connectivity index (χ4n) is 2.31. The van der Waals surface area contributed by atoms with E-state index >= 15 is 0 Å². The number of ether oxygens (including phenoxy) is 2. The number of rotatable bonds is 6. The molecule has 7 nitrogen and oxygen atoms in total. The first kappa shape index (κ1) is 17.5. The van der Waals surface area contributed by atoms with Gasteiger partial charge >= 0.3 is 0 Å². The topological polar surface area (TPSA) is 92.9 Å². The van der Waals surface area contributed by atoms with Crippen LogP contribution in [0.3, 0.4) is 0 Å². The Morgan fingerprint density at radius 3 is 2.12 bits per heavy atom. The van der Waals surface area contributed by atoms with E-state index in [0.717, 1.165) is 0 Å². The molecule has 24 heavy (non-hydrogen) atoms. The zero-order valence-corrected chi connectivity index (χ0v) is 13.9. The van der Waals surface area contributed by atoms with Crippen molar-refractivity contribution in [2.75, 3.05) is 14.2 Å². The predicted octanol–water partition coefficient (Wildman–Crippen LogP) is 3.21. The minimum Gasteiger partial charge on any atom is -0.493 e. The second-order valence-corrected chi connectivity index (χ2v) is 4.86. The average molecular weight is 348 g/mol. The van der Waals surface area contributed by atoms with Crippen molar-refractivity contribution < 1.29 is 24.1 Å². The Balaban J connectivity index is 2.74. The normalized spacial score (nSPS) is 11.1. The van der Waals surface area contributed by atoms with E-state index in [9.17, 15) is 0 Å². The van der Waals surface area contributed by atoms with Gasteiger partial charge in [0, 0.05) is 29.6 Å². The summed E-state index contributed by atoms with van der Waals surface area (Å²) in [7, 11) is 3.04. The first-order valence-electron chi connectivity index (χ1n) is 6.74. The fraction of sp³-hybridized carbons (Fsp3) is 0.125. The minimum atomic E-state index is 0.452. The molecule has 2 rings (SSSR count). The molecule has 0 saturated heterocycles. The molecule has 0 radical (unpaired) electrons. The van der Waals surface area contributed by atoms with Crippen molar-refractivity contribution in [1.29, 1.82) is 0 Å². The molecule has 0 aromatic heterocycles. The van der Waals surface area contributed by atoms with Crippen LogP contribution in [-0.2, 0) is 0 Å². The SMILES string of the molecule is COc1cc(/C=N/O)cc(-c2cc(/C=N/O)cc(OS)c2)c1OC. The lowest BCUT2D eigenvalue weighted by Crippen LogP contribution is -1.97. The summed E-state index contributed by atoms with van der Waals surface area (Å²) in [5.41, 5.74) is 2.59. The summed E-state index contributed by atoms with van der Waals surface area (Å²) in [6.07, 6.45) is 2.54. The van der Waals surface area contributed by atoms with Crippen LogP contribution in [0.5, 0.6) is 17.2 Å². The van der Waals surface area contributed by atoms with E-state index in [1.807, 2.05) is 0 Å². The fourth-order valence-corrected chi connectivity index (χ4v) is 2.42. The van der Waals surface area contributed by atoms with Crippen LogP contribution >= 0.6 is 12.9 Å². The number of benzene rings is 2. The molecule has 0 aliphatic rings. The van der Waals surface area contributed by atoms with Gasteiger partial charge in [0.15, 0.2) is 11.5 Å². The largest absolute Gasteiger partial charge is 0.493 e. The van der Waals surface area contributed by atoms with E-state index in [-0.39, 0.29) is 0 Å².